The number of aryl methyl sites for hydroxylation is 2. The molecular weight excluding hydrogens is 368 g/mol. The van der Waals surface area contributed by atoms with E-state index in [4.69, 9.17) is 10.5 Å². The third-order valence-electron chi connectivity index (χ3n) is 4.00. The molecule has 7 nitrogen and oxygen atoms in total. The molecule has 8 heteroatoms. The van der Waals surface area contributed by atoms with Crippen molar-refractivity contribution in [2.45, 2.75) is 31.6 Å². The van der Waals surface area contributed by atoms with E-state index in [1.165, 1.54) is 25.3 Å². The zero-order chi connectivity index (χ0) is 20.2. The first-order chi connectivity index (χ1) is 12.7. The van der Waals surface area contributed by atoms with E-state index in [0.29, 0.717) is 18.4 Å². The molecule has 27 heavy (non-hydrogen) atoms. The van der Waals surface area contributed by atoms with E-state index in [1.807, 2.05) is 11.6 Å². The molecule has 0 aliphatic carbocycles. The number of benzene rings is 2. The standard InChI is InChI=1S/C19H22N2O5S/c1-4-5-13-11-14(7-8-15(13)18(20)22)27(24,25)21-19(23)16-10-12(2)6-9-17(16)26-3/h6-11H,4-5H2,1-3H3,(H2,20,22)(H,21,23). The highest BCUT2D eigenvalue weighted by Gasteiger charge is 2.22. The number of sulfonamides is 1. The summed E-state index contributed by atoms with van der Waals surface area (Å²) in [6.45, 7) is 3.68. The molecule has 0 bridgehead atoms. The van der Waals surface area contributed by atoms with Crippen LogP contribution in [0.5, 0.6) is 5.75 Å². The summed E-state index contributed by atoms with van der Waals surface area (Å²) in [5.41, 5.74) is 7.02. The third-order valence-corrected chi connectivity index (χ3v) is 5.33. The van der Waals surface area contributed by atoms with Gasteiger partial charge >= 0.3 is 0 Å². The van der Waals surface area contributed by atoms with Crippen molar-refractivity contribution >= 4 is 21.8 Å². The first-order valence-corrected chi connectivity index (χ1v) is 9.82. The normalized spacial score (nSPS) is 11.1. The van der Waals surface area contributed by atoms with E-state index >= 15 is 0 Å². The molecule has 144 valence electrons. The van der Waals surface area contributed by atoms with E-state index in [0.717, 1.165) is 5.56 Å². The van der Waals surface area contributed by atoms with Crippen LogP contribution in [0.25, 0.3) is 0 Å². The summed E-state index contributed by atoms with van der Waals surface area (Å²) in [6, 6.07) is 8.87. The summed E-state index contributed by atoms with van der Waals surface area (Å²) in [5, 5.41) is 0. The molecule has 0 aliphatic heterocycles. The van der Waals surface area contributed by atoms with Gasteiger partial charge in [0, 0.05) is 5.56 Å². The molecular formula is C19H22N2O5S. The van der Waals surface area contributed by atoms with Crippen LogP contribution < -0.4 is 15.2 Å². The smallest absolute Gasteiger partial charge is 0.268 e. The lowest BCUT2D eigenvalue weighted by Gasteiger charge is -2.12. The molecule has 0 heterocycles. The van der Waals surface area contributed by atoms with Gasteiger partial charge in [-0.25, -0.2) is 13.1 Å². The van der Waals surface area contributed by atoms with Gasteiger partial charge in [0.2, 0.25) is 5.91 Å². The van der Waals surface area contributed by atoms with Crippen LogP contribution in [0.2, 0.25) is 0 Å². The monoisotopic (exact) mass is 390 g/mol. The first kappa shape index (κ1) is 20.4. The second-order valence-electron chi connectivity index (χ2n) is 6.07. The lowest BCUT2D eigenvalue weighted by atomic mass is 10.0. The van der Waals surface area contributed by atoms with Crippen LogP contribution in [0.3, 0.4) is 0 Å². The third kappa shape index (κ3) is 4.65. The van der Waals surface area contributed by atoms with E-state index in [2.05, 4.69) is 0 Å². The Morgan fingerprint density at radius 3 is 2.41 bits per heavy atom. The van der Waals surface area contributed by atoms with E-state index in [-0.39, 0.29) is 21.8 Å². The van der Waals surface area contributed by atoms with Crippen LogP contribution in [0, 0.1) is 6.92 Å². The van der Waals surface area contributed by atoms with Gasteiger partial charge in [-0.1, -0.05) is 25.0 Å². The molecule has 2 amide bonds. The Labute approximate surface area is 158 Å². The summed E-state index contributed by atoms with van der Waals surface area (Å²) in [6.07, 6.45) is 1.19. The zero-order valence-electron chi connectivity index (χ0n) is 15.4. The zero-order valence-corrected chi connectivity index (χ0v) is 16.2. The van der Waals surface area contributed by atoms with E-state index < -0.39 is 21.8 Å². The van der Waals surface area contributed by atoms with Crippen molar-refractivity contribution in [1.82, 2.24) is 4.72 Å². The molecule has 0 aliphatic rings. The number of carbonyl (C=O) groups is 2. The number of amides is 2. The van der Waals surface area contributed by atoms with Crippen LogP contribution >= 0.6 is 0 Å². The van der Waals surface area contributed by atoms with Crippen molar-refractivity contribution in [3.05, 3.63) is 58.7 Å². The average Bonchev–Trinajstić information content (AvgIpc) is 2.61. The summed E-state index contributed by atoms with van der Waals surface area (Å²) < 4.78 is 32.5. The fourth-order valence-corrected chi connectivity index (χ4v) is 3.71. The molecule has 0 radical (unpaired) electrons. The molecule has 0 aromatic heterocycles. The highest BCUT2D eigenvalue weighted by molar-refractivity contribution is 7.90. The maximum absolute atomic E-state index is 12.6. The molecule has 0 saturated carbocycles. The number of nitrogens with two attached hydrogens (primary N) is 1. The Bertz CT molecular complexity index is 984. The number of hydrogen-bond donors (Lipinski definition) is 2. The van der Waals surface area contributed by atoms with Gasteiger partial charge in [-0.3, -0.25) is 9.59 Å². The lowest BCUT2D eigenvalue weighted by Crippen LogP contribution is -2.31. The fraction of sp³-hybridized carbons (Fsp3) is 0.263. The Kier molecular flexibility index (Phi) is 6.22. The van der Waals surface area contributed by atoms with Crippen molar-refractivity contribution in [1.29, 1.82) is 0 Å². The number of rotatable bonds is 7. The van der Waals surface area contributed by atoms with Crippen molar-refractivity contribution in [2.75, 3.05) is 7.11 Å². The molecule has 0 fully saturated rings. The molecule has 2 rings (SSSR count). The van der Waals surface area contributed by atoms with Crippen molar-refractivity contribution in [3.8, 4) is 5.75 Å². The van der Waals surface area contributed by atoms with Gasteiger partial charge in [0.15, 0.2) is 0 Å². The molecule has 3 N–H and O–H groups in total. The van der Waals surface area contributed by atoms with Gasteiger partial charge in [-0.2, -0.15) is 0 Å². The van der Waals surface area contributed by atoms with Crippen LogP contribution in [-0.2, 0) is 16.4 Å². The summed E-state index contributed by atoms with van der Waals surface area (Å²) in [7, 11) is -2.74. The Morgan fingerprint density at radius 1 is 1.11 bits per heavy atom. The second-order valence-corrected chi connectivity index (χ2v) is 7.75. The average molecular weight is 390 g/mol. The Morgan fingerprint density at radius 2 is 1.81 bits per heavy atom. The molecule has 0 unspecified atom stereocenters. The van der Waals surface area contributed by atoms with Crippen molar-refractivity contribution in [2.24, 2.45) is 5.73 Å². The van der Waals surface area contributed by atoms with Gasteiger partial charge in [-0.05, 0) is 49.2 Å². The van der Waals surface area contributed by atoms with E-state index in [1.54, 1.807) is 25.1 Å². The number of hydrogen-bond acceptors (Lipinski definition) is 5. The minimum Gasteiger partial charge on any atom is -0.496 e. The van der Waals surface area contributed by atoms with Gasteiger partial charge in [0.1, 0.15) is 5.75 Å². The number of ether oxygens (including phenoxy) is 1. The van der Waals surface area contributed by atoms with Crippen LogP contribution in [-0.4, -0.2) is 27.3 Å². The van der Waals surface area contributed by atoms with Crippen molar-refractivity contribution < 1.29 is 22.7 Å². The van der Waals surface area contributed by atoms with Gasteiger partial charge in [0.05, 0.1) is 17.6 Å². The van der Waals surface area contributed by atoms with Crippen molar-refractivity contribution in [3.63, 3.8) is 0 Å². The maximum atomic E-state index is 12.6. The summed E-state index contributed by atoms with van der Waals surface area (Å²) in [5.74, 6) is -1.16. The van der Waals surface area contributed by atoms with E-state index in [9.17, 15) is 18.0 Å². The molecule has 0 atom stereocenters. The minimum atomic E-state index is -4.14. The van der Waals surface area contributed by atoms with Crippen LogP contribution in [0.15, 0.2) is 41.3 Å². The summed E-state index contributed by atoms with van der Waals surface area (Å²) >= 11 is 0. The topological polar surface area (TPSA) is 116 Å². The highest BCUT2D eigenvalue weighted by atomic mass is 32.2. The van der Waals surface area contributed by atoms with Crippen LogP contribution in [0.4, 0.5) is 0 Å². The van der Waals surface area contributed by atoms with Gasteiger partial charge in [-0.15, -0.1) is 0 Å². The maximum Gasteiger partial charge on any atom is 0.268 e. The number of carbonyl (C=O) groups excluding carboxylic acids is 2. The number of methoxy groups -OCH3 is 1. The number of nitrogens with one attached hydrogen (secondary N) is 1. The molecule has 2 aromatic rings. The minimum absolute atomic E-state index is 0.114. The molecule has 0 saturated heterocycles. The quantitative estimate of drug-likeness (QED) is 0.752. The largest absolute Gasteiger partial charge is 0.496 e. The lowest BCUT2D eigenvalue weighted by molar-refractivity contribution is 0.0974. The number of primary amides is 1. The predicted octanol–water partition coefficient (Wildman–Crippen LogP) is 2.17. The highest BCUT2D eigenvalue weighted by Crippen LogP contribution is 2.22. The van der Waals surface area contributed by atoms with Gasteiger partial charge < -0.3 is 10.5 Å². The van der Waals surface area contributed by atoms with Crippen LogP contribution in [0.1, 0.15) is 45.2 Å². The second kappa shape index (κ2) is 8.22. The Balaban J connectivity index is 2.39. The first-order valence-electron chi connectivity index (χ1n) is 8.34. The molecule has 0 spiro atoms. The SMILES string of the molecule is CCCc1cc(S(=O)(=O)NC(=O)c2cc(C)ccc2OC)ccc1C(N)=O. The predicted molar refractivity (Wildman–Crippen MR) is 101 cm³/mol. The van der Waals surface area contributed by atoms with Gasteiger partial charge in [0.25, 0.3) is 15.9 Å². The Hall–Kier alpha value is -2.87. The summed E-state index contributed by atoms with van der Waals surface area (Å²) in [4.78, 5) is 23.9. The molecule has 2 aromatic carbocycles. The fourth-order valence-electron chi connectivity index (χ4n) is 2.69.